The Bertz CT molecular complexity index is 300. The van der Waals surface area contributed by atoms with Gasteiger partial charge in [0, 0.05) is 25.6 Å². The third kappa shape index (κ3) is 5.78. The van der Waals surface area contributed by atoms with E-state index in [2.05, 4.69) is 5.32 Å². The normalized spacial score (nSPS) is 21.6. The van der Waals surface area contributed by atoms with Crippen LogP contribution in [0.5, 0.6) is 0 Å². The van der Waals surface area contributed by atoms with E-state index >= 15 is 0 Å². The second-order valence-corrected chi connectivity index (χ2v) is 4.92. The first kappa shape index (κ1) is 18.2. The number of nitrogens with one attached hydrogen (secondary N) is 1. The predicted molar refractivity (Wildman–Crippen MR) is 78.1 cm³/mol. The number of halogens is 1. The minimum absolute atomic E-state index is 0. The summed E-state index contributed by atoms with van der Waals surface area (Å²) in [4.78, 5) is 25.2. The van der Waals surface area contributed by atoms with Gasteiger partial charge in [0.15, 0.2) is 0 Å². The lowest BCUT2D eigenvalue weighted by molar-refractivity contribution is -0.136. The summed E-state index contributed by atoms with van der Waals surface area (Å²) in [5.41, 5.74) is 5.97. The third-order valence-electron chi connectivity index (χ3n) is 3.60. The van der Waals surface area contributed by atoms with Crippen molar-refractivity contribution < 1.29 is 9.59 Å². The average Bonchev–Trinajstić information content (AvgIpc) is 2.72. The van der Waals surface area contributed by atoms with Crippen molar-refractivity contribution in [2.75, 3.05) is 19.6 Å². The first-order valence-electron chi connectivity index (χ1n) is 6.88. The topological polar surface area (TPSA) is 75.4 Å². The van der Waals surface area contributed by atoms with Crippen LogP contribution in [0.4, 0.5) is 0 Å². The minimum atomic E-state index is -0.0941. The summed E-state index contributed by atoms with van der Waals surface area (Å²) in [6, 6.07) is 0.150. The van der Waals surface area contributed by atoms with E-state index in [0.717, 1.165) is 19.3 Å². The van der Waals surface area contributed by atoms with Gasteiger partial charge in [-0.15, -0.1) is 12.4 Å². The first-order valence-corrected chi connectivity index (χ1v) is 6.88. The molecule has 0 bridgehead atoms. The second kappa shape index (κ2) is 9.15. The first-order chi connectivity index (χ1) is 8.58. The summed E-state index contributed by atoms with van der Waals surface area (Å²) in [7, 11) is 0. The fourth-order valence-electron chi connectivity index (χ4n) is 2.48. The summed E-state index contributed by atoms with van der Waals surface area (Å²) in [6.45, 7) is 5.08. The molecular formula is C13H26ClN3O2. The molecule has 2 amide bonds. The molecule has 0 aromatic carbocycles. The standard InChI is InChI=1S/C13H25N3O2.ClH/c1-3-15-12(17)9-16(4-2)13(18)8-10-6-5-7-11(10)14;/h10-11H,3-9,14H2,1-2H3,(H,15,17);1H/t10-,11+;/m0./s1. The number of likely N-dealkylation sites (N-methyl/N-ethyl adjacent to an activating group) is 2. The Balaban J connectivity index is 0.00000324. The number of nitrogens with two attached hydrogens (primary N) is 1. The molecule has 1 saturated carbocycles. The highest BCUT2D eigenvalue weighted by molar-refractivity contribution is 5.85. The van der Waals surface area contributed by atoms with Gasteiger partial charge in [0.25, 0.3) is 0 Å². The van der Waals surface area contributed by atoms with E-state index in [1.54, 1.807) is 4.90 Å². The minimum Gasteiger partial charge on any atom is -0.355 e. The van der Waals surface area contributed by atoms with Gasteiger partial charge >= 0.3 is 0 Å². The Morgan fingerprint density at radius 2 is 2.00 bits per heavy atom. The van der Waals surface area contributed by atoms with Crippen LogP contribution in [-0.4, -0.2) is 42.4 Å². The number of hydrogen-bond acceptors (Lipinski definition) is 3. The Hall–Kier alpha value is -0.810. The molecule has 2 atom stereocenters. The highest BCUT2D eigenvalue weighted by Gasteiger charge is 2.28. The van der Waals surface area contributed by atoms with E-state index in [1.165, 1.54) is 0 Å². The lowest BCUT2D eigenvalue weighted by atomic mass is 9.99. The molecule has 0 saturated heterocycles. The average molecular weight is 292 g/mol. The number of carbonyl (C=O) groups excluding carboxylic acids is 2. The van der Waals surface area contributed by atoms with Crippen molar-refractivity contribution in [1.29, 1.82) is 0 Å². The molecule has 0 spiro atoms. The highest BCUT2D eigenvalue weighted by Crippen LogP contribution is 2.27. The molecular weight excluding hydrogens is 266 g/mol. The van der Waals surface area contributed by atoms with E-state index in [4.69, 9.17) is 5.73 Å². The van der Waals surface area contributed by atoms with E-state index in [-0.39, 0.29) is 36.8 Å². The van der Waals surface area contributed by atoms with E-state index < -0.39 is 0 Å². The molecule has 0 radical (unpaired) electrons. The van der Waals surface area contributed by atoms with Crippen LogP contribution in [-0.2, 0) is 9.59 Å². The van der Waals surface area contributed by atoms with Crippen LogP contribution < -0.4 is 11.1 Å². The lowest BCUT2D eigenvalue weighted by Gasteiger charge is -2.23. The maximum absolute atomic E-state index is 12.1. The molecule has 19 heavy (non-hydrogen) atoms. The van der Waals surface area contributed by atoms with Crippen LogP contribution >= 0.6 is 12.4 Å². The molecule has 1 fully saturated rings. The zero-order valence-electron chi connectivity index (χ0n) is 11.9. The third-order valence-corrected chi connectivity index (χ3v) is 3.60. The summed E-state index contributed by atoms with van der Waals surface area (Å²) in [5, 5.41) is 2.71. The number of hydrogen-bond donors (Lipinski definition) is 2. The zero-order valence-corrected chi connectivity index (χ0v) is 12.7. The summed E-state index contributed by atoms with van der Waals surface area (Å²) in [5.74, 6) is 0.246. The van der Waals surface area contributed by atoms with Crippen molar-refractivity contribution >= 4 is 24.2 Å². The molecule has 1 aliphatic rings. The van der Waals surface area contributed by atoms with Gasteiger partial charge in [-0.2, -0.15) is 0 Å². The zero-order chi connectivity index (χ0) is 13.5. The van der Waals surface area contributed by atoms with Gasteiger partial charge in [-0.1, -0.05) is 6.42 Å². The van der Waals surface area contributed by atoms with Crippen LogP contribution in [0.1, 0.15) is 39.5 Å². The molecule has 0 aliphatic heterocycles. The largest absolute Gasteiger partial charge is 0.355 e. The molecule has 1 aliphatic carbocycles. The van der Waals surface area contributed by atoms with E-state index in [9.17, 15) is 9.59 Å². The second-order valence-electron chi connectivity index (χ2n) is 4.92. The van der Waals surface area contributed by atoms with Crippen molar-refractivity contribution in [1.82, 2.24) is 10.2 Å². The SMILES string of the molecule is CCNC(=O)CN(CC)C(=O)C[C@@H]1CCC[C@H]1N.Cl. The van der Waals surface area contributed by atoms with Crippen molar-refractivity contribution in [3.05, 3.63) is 0 Å². The number of rotatable bonds is 6. The Morgan fingerprint density at radius 1 is 1.32 bits per heavy atom. The molecule has 0 aromatic rings. The quantitative estimate of drug-likeness (QED) is 0.764. The van der Waals surface area contributed by atoms with Crippen molar-refractivity contribution in [2.24, 2.45) is 11.7 Å². The highest BCUT2D eigenvalue weighted by atomic mass is 35.5. The Kier molecular flexibility index (Phi) is 8.76. The van der Waals surface area contributed by atoms with Gasteiger partial charge in [0.1, 0.15) is 0 Å². The maximum Gasteiger partial charge on any atom is 0.239 e. The van der Waals surface area contributed by atoms with Crippen molar-refractivity contribution in [2.45, 2.75) is 45.6 Å². The van der Waals surface area contributed by atoms with Crippen molar-refractivity contribution in [3.63, 3.8) is 0 Å². The molecule has 0 aromatic heterocycles. The van der Waals surface area contributed by atoms with Crippen molar-refractivity contribution in [3.8, 4) is 0 Å². The van der Waals surface area contributed by atoms with Crippen LogP contribution in [0.15, 0.2) is 0 Å². The van der Waals surface area contributed by atoms with Gasteiger partial charge in [-0.3, -0.25) is 9.59 Å². The fourth-order valence-corrected chi connectivity index (χ4v) is 2.48. The summed E-state index contributed by atoms with van der Waals surface area (Å²) < 4.78 is 0. The van der Waals surface area contributed by atoms with Gasteiger partial charge < -0.3 is 16.0 Å². The molecule has 112 valence electrons. The summed E-state index contributed by atoms with van der Waals surface area (Å²) >= 11 is 0. The monoisotopic (exact) mass is 291 g/mol. The molecule has 5 nitrogen and oxygen atoms in total. The van der Waals surface area contributed by atoms with Gasteiger partial charge in [0.2, 0.25) is 11.8 Å². The fraction of sp³-hybridized carbons (Fsp3) is 0.846. The van der Waals surface area contributed by atoms with Crippen LogP contribution in [0.2, 0.25) is 0 Å². The molecule has 0 unspecified atom stereocenters. The van der Waals surface area contributed by atoms with Crippen LogP contribution in [0, 0.1) is 5.92 Å². The number of amides is 2. The number of carbonyl (C=O) groups is 2. The summed E-state index contributed by atoms with van der Waals surface area (Å²) in [6.07, 6.45) is 3.64. The Labute approximate surface area is 121 Å². The smallest absolute Gasteiger partial charge is 0.239 e. The van der Waals surface area contributed by atoms with Crippen LogP contribution in [0.25, 0.3) is 0 Å². The van der Waals surface area contributed by atoms with Gasteiger partial charge in [-0.25, -0.2) is 0 Å². The maximum atomic E-state index is 12.1. The van der Waals surface area contributed by atoms with Crippen LogP contribution in [0.3, 0.4) is 0 Å². The molecule has 0 heterocycles. The predicted octanol–water partition coefficient (Wildman–Crippen LogP) is 0.910. The van der Waals surface area contributed by atoms with Gasteiger partial charge in [-0.05, 0) is 32.6 Å². The number of nitrogens with zero attached hydrogens (tertiary/aromatic N) is 1. The molecule has 6 heteroatoms. The molecule has 3 N–H and O–H groups in total. The Morgan fingerprint density at radius 3 is 2.47 bits per heavy atom. The molecule has 1 rings (SSSR count). The van der Waals surface area contributed by atoms with Gasteiger partial charge in [0.05, 0.1) is 6.54 Å². The van der Waals surface area contributed by atoms with E-state index in [1.807, 2.05) is 13.8 Å². The van der Waals surface area contributed by atoms with E-state index in [0.29, 0.717) is 25.4 Å². The lowest BCUT2D eigenvalue weighted by Crippen LogP contribution is -2.42.